The van der Waals surface area contributed by atoms with Gasteiger partial charge in [0.25, 0.3) is 0 Å². The number of carbonyl (C=O) groups excluding carboxylic acids is 2. The lowest BCUT2D eigenvalue weighted by Crippen LogP contribution is -2.34. The number of hydrogen-bond acceptors (Lipinski definition) is 5. The Hall–Kier alpha value is -2.98. The van der Waals surface area contributed by atoms with Crippen LogP contribution in [0.4, 0.5) is 24.5 Å². The van der Waals surface area contributed by atoms with Crippen molar-refractivity contribution in [2.75, 3.05) is 10.2 Å². The van der Waals surface area contributed by atoms with Crippen LogP contribution in [0.1, 0.15) is 18.7 Å². The second kappa shape index (κ2) is 5.26. The van der Waals surface area contributed by atoms with Crippen LogP contribution in [0.3, 0.4) is 0 Å². The van der Waals surface area contributed by atoms with Crippen molar-refractivity contribution < 1.29 is 22.8 Å². The molecule has 2 aliphatic heterocycles. The van der Waals surface area contributed by atoms with Gasteiger partial charge in [0, 0.05) is 24.6 Å². The van der Waals surface area contributed by atoms with Gasteiger partial charge in [-0.1, -0.05) is 0 Å². The van der Waals surface area contributed by atoms with Crippen molar-refractivity contribution in [3.8, 4) is 5.69 Å². The molecule has 11 heteroatoms. The summed E-state index contributed by atoms with van der Waals surface area (Å²) in [5.74, 6) is -1.65. The molecule has 1 atom stereocenters. The van der Waals surface area contributed by atoms with Crippen LogP contribution in [-0.2, 0) is 16.0 Å². The number of tetrazole rings is 1. The molecule has 2 amide bonds. The third-order valence-corrected chi connectivity index (χ3v) is 4.26. The standard InChI is InChI=1S/C14H11F3N6O2/c15-14(16,17)13(25)18-7-1-3-9-10(5-7)23-11(19-20-21-23)6-8-2-4-12(24)22(8)9/h1,3,5,8H,2,4,6H2,(H,18,25)/t8-/m0/s1. The molecule has 3 heterocycles. The third-order valence-electron chi connectivity index (χ3n) is 4.26. The van der Waals surface area contributed by atoms with Crippen LogP contribution >= 0.6 is 0 Å². The van der Waals surface area contributed by atoms with Gasteiger partial charge in [0.1, 0.15) is 0 Å². The molecule has 25 heavy (non-hydrogen) atoms. The maximum absolute atomic E-state index is 12.5. The first-order chi connectivity index (χ1) is 11.8. The minimum Gasteiger partial charge on any atom is -0.318 e. The lowest BCUT2D eigenvalue weighted by atomic mass is 10.1. The largest absolute Gasteiger partial charge is 0.471 e. The van der Waals surface area contributed by atoms with E-state index in [4.69, 9.17) is 0 Å². The van der Waals surface area contributed by atoms with Crippen molar-refractivity contribution in [3.05, 3.63) is 24.0 Å². The maximum Gasteiger partial charge on any atom is 0.471 e. The lowest BCUT2D eigenvalue weighted by Gasteiger charge is -2.23. The van der Waals surface area contributed by atoms with Crippen molar-refractivity contribution in [2.45, 2.75) is 31.5 Å². The number of nitrogens with one attached hydrogen (secondary N) is 1. The van der Waals surface area contributed by atoms with Crippen molar-refractivity contribution in [2.24, 2.45) is 0 Å². The Morgan fingerprint density at radius 3 is 2.84 bits per heavy atom. The Kier molecular flexibility index (Phi) is 3.27. The number of halogens is 3. The van der Waals surface area contributed by atoms with E-state index in [-0.39, 0.29) is 17.6 Å². The zero-order chi connectivity index (χ0) is 17.8. The van der Waals surface area contributed by atoms with E-state index in [1.54, 1.807) is 10.2 Å². The molecule has 0 spiro atoms. The molecular weight excluding hydrogens is 341 g/mol. The first-order valence-corrected chi connectivity index (χ1v) is 7.46. The number of benzene rings is 1. The first kappa shape index (κ1) is 15.5. The van der Waals surface area contributed by atoms with E-state index in [0.717, 1.165) is 0 Å². The lowest BCUT2D eigenvalue weighted by molar-refractivity contribution is -0.167. The second-order valence-electron chi connectivity index (χ2n) is 5.82. The molecule has 0 saturated carbocycles. The molecule has 0 aliphatic carbocycles. The van der Waals surface area contributed by atoms with Gasteiger partial charge in [-0.15, -0.1) is 5.10 Å². The molecule has 2 aromatic rings. The summed E-state index contributed by atoms with van der Waals surface area (Å²) < 4.78 is 38.7. The highest BCUT2D eigenvalue weighted by Gasteiger charge is 2.40. The fourth-order valence-electron chi connectivity index (χ4n) is 3.18. The minimum absolute atomic E-state index is 0.0624. The summed E-state index contributed by atoms with van der Waals surface area (Å²) in [5.41, 5.74) is 0.786. The summed E-state index contributed by atoms with van der Waals surface area (Å²) >= 11 is 0. The molecule has 1 fully saturated rings. The topological polar surface area (TPSA) is 93.0 Å². The minimum atomic E-state index is -5.00. The van der Waals surface area contributed by atoms with E-state index in [1.807, 2.05) is 0 Å². The van der Waals surface area contributed by atoms with Crippen LogP contribution < -0.4 is 10.2 Å². The Bertz CT molecular complexity index is 878. The van der Waals surface area contributed by atoms with Gasteiger partial charge >= 0.3 is 12.1 Å². The number of amides is 2. The molecule has 0 unspecified atom stereocenters. The summed E-state index contributed by atoms with van der Waals surface area (Å²) in [6, 6.07) is 4.04. The number of fused-ring (bicyclic) bond motifs is 5. The van der Waals surface area contributed by atoms with Crippen molar-refractivity contribution in [1.82, 2.24) is 20.2 Å². The smallest absolute Gasteiger partial charge is 0.318 e. The van der Waals surface area contributed by atoms with Gasteiger partial charge in [-0.3, -0.25) is 9.59 Å². The summed E-state index contributed by atoms with van der Waals surface area (Å²) in [6.45, 7) is 0. The van der Waals surface area contributed by atoms with Crippen LogP contribution in [0, 0.1) is 0 Å². The highest BCUT2D eigenvalue weighted by molar-refractivity contribution is 6.00. The molecule has 1 N–H and O–H groups in total. The molecular formula is C14H11F3N6O2. The van der Waals surface area contributed by atoms with Gasteiger partial charge in [-0.25, -0.2) is 0 Å². The summed E-state index contributed by atoms with van der Waals surface area (Å²) in [5, 5.41) is 13.2. The molecule has 2 aliphatic rings. The van der Waals surface area contributed by atoms with Crippen LogP contribution in [0.2, 0.25) is 0 Å². The Balaban J connectivity index is 1.80. The van der Waals surface area contributed by atoms with Crippen LogP contribution in [0.25, 0.3) is 5.69 Å². The average Bonchev–Trinajstić information content (AvgIpc) is 3.11. The number of nitrogens with zero attached hydrogens (tertiary/aromatic N) is 5. The number of aromatic nitrogens is 4. The quantitative estimate of drug-likeness (QED) is 0.833. The van der Waals surface area contributed by atoms with Crippen molar-refractivity contribution >= 4 is 23.2 Å². The predicted octanol–water partition coefficient (Wildman–Crippen LogP) is 1.21. The molecule has 8 nitrogen and oxygen atoms in total. The first-order valence-electron chi connectivity index (χ1n) is 7.46. The highest BCUT2D eigenvalue weighted by Crippen LogP contribution is 2.37. The van der Waals surface area contributed by atoms with E-state index in [9.17, 15) is 22.8 Å². The van der Waals surface area contributed by atoms with E-state index >= 15 is 0 Å². The number of hydrogen-bond donors (Lipinski definition) is 1. The Morgan fingerprint density at radius 1 is 1.28 bits per heavy atom. The number of rotatable bonds is 1. The zero-order valence-corrected chi connectivity index (χ0v) is 12.6. The number of anilines is 2. The predicted molar refractivity (Wildman–Crippen MR) is 78.1 cm³/mol. The molecule has 4 rings (SSSR count). The molecule has 1 aromatic heterocycles. The van der Waals surface area contributed by atoms with Gasteiger partial charge in [0.15, 0.2) is 5.82 Å². The zero-order valence-electron chi connectivity index (χ0n) is 12.6. The van der Waals surface area contributed by atoms with E-state index in [0.29, 0.717) is 36.5 Å². The van der Waals surface area contributed by atoms with E-state index < -0.39 is 12.1 Å². The molecule has 0 radical (unpaired) electrons. The number of carbonyl (C=O) groups is 2. The maximum atomic E-state index is 12.5. The fraction of sp³-hybridized carbons (Fsp3) is 0.357. The number of alkyl halides is 3. The van der Waals surface area contributed by atoms with Gasteiger partial charge in [0.05, 0.1) is 11.4 Å². The molecule has 1 aromatic carbocycles. The Labute approximate surface area is 138 Å². The van der Waals surface area contributed by atoms with Crippen molar-refractivity contribution in [3.63, 3.8) is 0 Å². The molecule has 0 bridgehead atoms. The summed E-state index contributed by atoms with van der Waals surface area (Å²) in [6.07, 6.45) is -3.52. The third kappa shape index (κ3) is 2.51. The SMILES string of the molecule is O=C1CC[C@H]2Cc3nnnn3-c3cc(NC(=O)C(F)(F)F)ccc3N12. The van der Waals surface area contributed by atoms with Crippen LogP contribution in [-0.4, -0.2) is 44.2 Å². The average molecular weight is 352 g/mol. The molecule has 130 valence electrons. The highest BCUT2D eigenvalue weighted by atomic mass is 19.4. The summed E-state index contributed by atoms with van der Waals surface area (Å²) in [7, 11) is 0. The van der Waals surface area contributed by atoms with Gasteiger partial charge < -0.3 is 10.2 Å². The van der Waals surface area contributed by atoms with Gasteiger partial charge in [-0.05, 0) is 35.0 Å². The van der Waals surface area contributed by atoms with Crippen molar-refractivity contribution in [1.29, 1.82) is 0 Å². The van der Waals surface area contributed by atoms with E-state index in [2.05, 4.69) is 15.5 Å². The van der Waals surface area contributed by atoms with Gasteiger partial charge in [-0.2, -0.15) is 17.9 Å². The monoisotopic (exact) mass is 352 g/mol. The van der Waals surface area contributed by atoms with Gasteiger partial charge in [0.2, 0.25) is 5.91 Å². The normalized spacial score (nSPS) is 19.1. The molecule has 1 saturated heterocycles. The Morgan fingerprint density at radius 2 is 2.08 bits per heavy atom. The summed E-state index contributed by atoms with van der Waals surface area (Å²) in [4.78, 5) is 25.0. The van der Waals surface area contributed by atoms with Crippen LogP contribution in [0.15, 0.2) is 18.2 Å². The second-order valence-corrected chi connectivity index (χ2v) is 5.82. The fourth-order valence-corrected chi connectivity index (χ4v) is 3.18. The van der Waals surface area contributed by atoms with E-state index in [1.165, 1.54) is 22.9 Å². The van der Waals surface area contributed by atoms with Crippen LogP contribution in [0.5, 0.6) is 0 Å².